The first-order chi connectivity index (χ1) is 10.5. The number of nitrogens with one attached hydrogen (secondary N) is 1. The van der Waals surface area contributed by atoms with Crippen LogP contribution in [0.2, 0.25) is 0 Å². The number of aromatic nitrogens is 1. The van der Waals surface area contributed by atoms with Crippen molar-refractivity contribution < 1.29 is 13.9 Å². The summed E-state index contributed by atoms with van der Waals surface area (Å²) in [4.78, 5) is 8.44. The summed E-state index contributed by atoms with van der Waals surface area (Å²) in [6.45, 7) is 4.03. The van der Waals surface area contributed by atoms with Crippen molar-refractivity contribution >= 4 is 11.6 Å². The minimum Gasteiger partial charge on any atom is -0.493 e. The number of ether oxygens (including phenoxy) is 2. The zero-order valence-corrected chi connectivity index (χ0v) is 13.1. The number of methoxy groups -OCH3 is 2. The van der Waals surface area contributed by atoms with Gasteiger partial charge in [0.15, 0.2) is 17.5 Å². The second-order valence-corrected chi connectivity index (χ2v) is 4.65. The van der Waals surface area contributed by atoms with Gasteiger partial charge in [-0.05, 0) is 26.0 Å². The Morgan fingerprint density at radius 1 is 1.27 bits per heavy atom. The first-order valence-corrected chi connectivity index (χ1v) is 6.75. The Labute approximate surface area is 129 Å². The lowest BCUT2D eigenvalue weighted by molar-refractivity contribution is 0.355. The molecule has 0 bridgehead atoms. The number of nitrogens with zero attached hydrogens (tertiary/aromatic N) is 2. The third kappa shape index (κ3) is 3.69. The molecule has 0 aliphatic heterocycles. The highest BCUT2D eigenvalue weighted by atomic mass is 16.5. The van der Waals surface area contributed by atoms with Crippen LogP contribution in [0.4, 0.5) is 5.69 Å². The number of hydrogen-bond acceptors (Lipinski definition) is 5. The van der Waals surface area contributed by atoms with E-state index < -0.39 is 0 Å². The second kappa shape index (κ2) is 6.84. The predicted molar refractivity (Wildman–Crippen MR) is 84.5 cm³/mol. The van der Waals surface area contributed by atoms with Gasteiger partial charge in [0, 0.05) is 11.8 Å². The monoisotopic (exact) mass is 304 g/mol. The largest absolute Gasteiger partial charge is 0.493 e. The molecule has 2 aromatic rings. The molecule has 7 heteroatoms. The fourth-order valence-corrected chi connectivity index (χ4v) is 1.86. The van der Waals surface area contributed by atoms with Crippen molar-refractivity contribution in [3.05, 3.63) is 35.5 Å². The molecule has 1 aromatic carbocycles. The highest BCUT2D eigenvalue weighted by Gasteiger charge is 2.06. The molecule has 0 spiro atoms. The normalized spacial score (nSPS) is 11.4. The van der Waals surface area contributed by atoms with Crippen LogP contribution in [0.25, 0.3) is 0 Å². The van der Waals surface area contributed by atoms with Gasteiger partial charge < -0.3 is 24.9 Å². The van der Waals surface area contributed by atoms with Gasteiger partial charge in [-0.15, -0.1) is 0 Å². The average Bonchev–Trinajstić information content (AvgIpc) is 2.83. The molecule has 1 heterocycles. The van der Waals surface area contributed by atoms with Crippen molar-refractivity contribution in [1.82, 2.24) is 4.98 Å². The van der Waals surface area contributed by atoms with E-state index in [1.165, 1.54) is 0 Å². The van der Waals surface area contributed by atoms with Crippen LogP contribution in [0.5, 0.6) is 11.5 Å². The van der Waals surface area contributed by atoms with E-state index in [4.69, 9.17) is 19.6 Å². The van der Waals surface area contributed by atoms with Gasteiger partial charge in [0.2, 0.25) is 5.89 Å². The van der Waals surface area contributed by atoms with Crippen LogP contribution in [0.1, 0.15) is 17.3 Å². The Morgan fingerprint density at radius 3 is 2.59 bits per heavy atom. The molecular formula is C15H20N4O3. The molecule has 1 aromatic heterocycles. The van der Waals surface area contributed by atoms with E-state index in [9.17, 15) is 0 Å². The zero-order chi connectivity index (χ0) is 16.1. The van der Waals surface area contributed by atoms with Crippen LogP contribution < -0.4 is 20.5 Å². The van der Waals surface area contributed by atoms with E-state index in [2.05, 4.69) is 15.3 Å². The van der Waals surface area contributed by atoms with Crippen LogP contribution in [0, 0.1) is 13.8 Å². The molecule has 0 radical (unpaired) electrons. The Morgan fingerprint density at radius 2 is 2.00 bits per heavy atom. The van der Waals surface area contributed by atoms with Gasteiger partial charge in [0.1, 0.15) is 12.3 Å². The van der Waals surface area contributed by atoms with Crippen molar-refractivity contribution in [1.29, 1.82) is 0 Å². The lowest BCUT2D eigenvalue weighted by Gasteiger charge is -2.10. The maximum absolute atomic E-state index is 5.86. The summed E-state index contributed by atoms with van der Waals surface area (Å²) in [5.74, 6) is 2.85. The van der Waals surface area contributed by atoms with Crippen LogP contribution in [0.15, 0.2) is 27.6 Å². The Bertz CT molecular complexity index is 660. The molecule has 0 aliphatic rings. The van der Waals surface area contributed by atoms with Gasteiger partial charge in [0.25, 0.3) is 0 Å². The standard InChI is InChI=1S/C15H20N4O3/c1-9-10(2)22-14(18-9)8-17-15(16)19-11-5-6-12(20-3)13(7-11)21-4/h5-7H,8H2,1-4H3,(H3,16,17,19). The average molecular weight is 304 g/mol. The molecule has 3 N–H and O–H groups in total. The number of rotatable bonds is 5. The van der Waals surface area contributed by atoms with E-state index in [0.717, 1.165) is 17.1 Å². The molecular weight excluding hydrogens is 284 g/mol. The first kappa shape index (κ1) is 15.7. The number of aryl methyl sites for hydroxylation is 2. The van der Waals surface area contributed by atoms with Crippen molar-refractivity contribution in [2.24, 2.45) is 10.7 Å². The highest BCUT2D eigenvalue weighted by molar-refractivity contribution is 5.92. The third-order valence-electron chi connectivity index (χ3n) is 3.11. The topological polar surface area (TPSA) is 94.9 Å². The Kier molecular flexibility index (Phi) is 4.88. The van der Waals surface area contributed by atoms with Gasteiger partial charge in [-0.2, -0.15) is 0 Å². The summed E-state index contributed by atoms with van der Waals surface area (Å²) >= 11 is 0. The van der Waals surface area contributed by atoms with Gasteiger partial charge in [-0.3, -0.25) is 0 Å². The lowest BCUT2D eigenvalue weighted by Crippen LogP contribution is -2.22. The van der Waals surface area contributed by atoms with E-state index >= 15 is 0 Å². The molecule has 0 saturated heterocycles. The molecule has 0 atom stereocenters. The van der Waals surface area contributed by atoms with Crippen molar-refractivity contribution in [2.75, 3.05) is 19.5 Å². The first-order valence-electron chi connectivity index (χ1n) is 6.75. The maximum atomic E-state index is 5.86. The van der Waals surface area contributed by atoms with E-state index in [-0.39, 0.29) is 12.5 Å². The van der Waals surface area contributed by atoms with Gasteiger partial charge in [0.05, 0.1) is 19.9 Å². The van der Waals surface area contributed by atoms with Gasteiger partial charge >= 0.3 is 0 Å². The molecule has 118 valence electrons. The van der Waals surface area contributed by atoms with Crippen LogP contribution in [-0.4, -0.2) is 25.2 Å². The number of benzene rings is 1. The van der Waals surface area contributed by atoms with Gasteiger partial charge in [-0.25, -0.2) is 9.98 Å². The number of anilines is 1. The molecule has 2 rings (SSSR count). The van der Waals surface area contributed by atoms with Crippen molar-refractivity contribution in [3.8, 4) is 11.5 Å². The molecule has 0 unspecified atom stereocenters. The minimum absolute atomic E-state index is 0.265. The Balaban J connectivity index is 2.04. The minimum atomic E-state index is 0.265. The predicted octanol–water partition coefficient (Wildman–Crippen LogP) is 2.24. The van der Waals surface area contributed by atoms with E-state index in [1.807, 2.05) is 19.9 Å². The van der Waals surface area contributed by atoms with Crippen molar-refractivity contribution in [3.63, 3.8) is 0 Å². The molecule has 22 heavy (non-hydrogen) atoms. The molecule has 0 aliphatic carbocycles. The Hall–Kier alpha value is -2.70. The smallest absolute Gasteiger partial charge is 0.216 e. The zero-order valence-electron chi connectivity index (χ0n) is 13.1. The fraction of sp³-hybridized carbons (Fsp3) is 0.333. The van der Waals surface area contributed by atoms with Crippen molar-refractivity contribution in [2.45, 2.75) is 20.4 Å². The summed E-state index contributed by atoms with van der Waals surface area (Å²) in [6.07, 6.45) is 0. The summed E-state index contributed by atoms with van der Waals surface area (Å²) in [7, 11) is 3.16. The molecule has 0 fully saturated rings. The summed E-state index contributed by atoms with van der Waals surface area (Å²) in [6, 6.07) is 5.39. The fourth-order valence-electron chi connectivity index (χ4n) is 1.86. The SMILES string of the molecule is COc1ccc(NC(N)=NCc2nc(C)c(C)o2)cc1OC. The quantitative estimate of drug-likeness (QED) is 0.650. The third-order valence-corrected chi connectivity index (χ3v) is 3.11. The molecule has 7 nitrogen and oxygen atoms in total. The van der Waals surface area contributed by atoms with E-state index in [1.54, 1.807) is 26.4 Å². The number of guanidine groups is 1. The number of hydrogen-bond donors (Lipinski definition) is 2. The maximum Gasteiger partial charge on any atom is 0.216 e. The van der Waals surface area contributed by atoms with Crippen LogP contribution >= 0.6 is 0 Å². The summed E-state index contributed by atoms with van der Waals surface area (Å²) in [5.41, 5.74) is 7.46. The van der Waals surface area contributed by atoms with Crippen LogP contribution in [-0.2, 0) is 6.54 Å². The summed E-state index contributed by atoms with van der Waals surface area (Å²) < 4.78 is 15.9. The highest BCUT2D eigenvalue weighted by Crippen LogP contribution is 2.29. The van der Waals surface area contributed by atoms with Gasteiger partial charge in [-0.1, -0.05) is 0 Å². The molecule has 0 amide bonds. The lowest BCUT2D eigenvalue weighted by atomic mass is 10.3. The number of aliphatic imine (C=N–C) groups is 1. The van der Waals surface area contributed by atoms with E-state index in [0.29, 0.717) is 17.4 Å². The summed E-state index contributed by atoms with van der Waals surface area (Å²) in [5, 5.41) is 2.98. The molecule has 0 saturated carbocycles. The van der Waals surface area contributed by atoms with Crippen LogP contribution in [0.3, 0.4) is 0 Å². The second-order valence-electron chi connectivity index (χ2n) is 4.65. The number of nitrogens with two attached hydrogens (primary N) is 1. The number of oxazole rings is 1.